The van der Waals surface area contributed by atoms with Crippen molar-refractivity contribution in [2.75, 3.05) is 5.32 Å². The molecule has 2 heteroatoms. The van der Waals surface area contributed by atoms with Crippen LogP contribution in [0.5, 0.6) is 5.75 Å². The van der Waals surface area contributed by atoms with Gasteiger partial charge >= 0.3 is 0 Å². The van der Waals surface area contributed by atoms with Crippen molar-refractivity contribution in [3.63, 3.8) is 0 Å². The minimum Gasteiger partial charge on any atom is -0.507 e. The molecule has 0 amide bonds. The Balaban J connectivity index is 2.23. The molecule has 18 heavy (non-hydrogen) atoms. The summed E-state index contributed by atoms with van der Waals surface area (Å²) in [5.41, 5.74) is 2.19. The highest BCUT2D eigenvalue weighted by molar-refractivity contribution is 6.02. The largest absolute Gasteiger partial charge is 0.507 e. The summed E-state index contributed by atoms with van der Waals surface area (Å²) >= 11 is 0. The van der Waals surface area contributed by atoms with E-state index in [0.717, 1.165) is 22.0 Å². The van der Waals surface area contributed by atoms with Gasteiger partial charge in [0.05, 0.1) is 5.69 Å². The summed E-state index contributed by atoms with van der Waals surface area (Å²) in [5, 5.41) is 15.6. The third-order valence-corrected chi connectivity index (χ3v) is 3.57. The van der Waals surface area contributed by atoms with Gasteiger partial charge in [0, 0.05) is 11.4 Å². The summed E-state index contributed by atoms with van der Waals surface area (Å²) in [7, 11) is 0. The number of benzene rings is 2. The molecule has 92 valence electrons. The molecule has 0 aromatic heterocycles. The van der Waals surface area contributed by atoms with Crippen molar-refractivity contribution < 1.29 is 5.11 Å². The molecule has 2 nitrogen and oxygen atoms in total. The van der Waals surface area contributed by atoms with Crippen LogP contribution in [0.3, 0.4) is 0 Å². The van der Waals surface area contributed by atoms with Gasteiger partial charge in [0.1, 0.15) is 5.75 Å². The van der Waals surface area contributed by atoms with Gasteiger partial charge in [0.25, 0.3) is 0 Å². The third kappa shape index (κ3) is 1.65. The van der Waals surface area contributed by atoms with E-state index in [1.165, 1.54) is 0 Å². The Hall–Kier alpha value is -1.96. The molecule has 0 radical (unpaired) electrons. The number of aromatic hydroxyl groups is 1. The Labute approximate surface area is 107 Å². The standard InChI is InChI=1S/C16H17NO/c1-10(2)13-9-8-12-7-6-11-4-3-5-14(18)15(11)16(12)17-13/h3-10,13,17-18H,1-2H3. The predicted octanol–water partition coefficient (Wildman–Crippen LogP) is 4.01. The number of phenols is 1. The lowest BCUT2D eigenvalue weighted by molar-refractivity contribution is 0.481. The van der Waals surface area contributed by atoms with Crippen LogP contribution in [0.2, 0.25) is 0 Å². The van der Waals surface area contributed by atoms with Crippen LogP contribution in [0.25, 0.3) is 16.8 Å². The van der Waals surface area contributed by atoms with Crippen molar-refractivity contribution in [2.45, 2.75) is 19.9 Å². The van der Waals surface area contributed by atoms with Crippen LogP contribution in [-0.2, 0) is 0 Å². The zero-order valence-corrected chi connectivity index (χ0v) is 10.6. The lowest BCUT2D eigenvalue weighted by Crippen LogP contribution is -2.25. The first-order valence-corrected chi connectivity index (χ1v) is 6.36. The lowest BCUT2D eigenvalue weighted by atomic mass is 9.94. The van der Waals surface area contributed by atoms with Crippen molar-refractivity contribution in [1.82, 2.24) is 0 Å². The molecule has 0 fully saturated rings. The van der Waals surface area contributed by atoms with Crippen LogP contribution < -0.4 is 5.32 Å². The maximum atomic E-state index is 10.1. The number of nitrogens with one attached hydrogen (secondary N) is 1. The molecule has 1 aliphatic heterocycles. The maximum Gasteiger partial charge on any atom is 0.125 e. The van der Waals surface area contributed by atoms with Crippen LogP contribution in [0, 0.1) is 5.92 Å². The second kappa shape index (κ2) is 4.05. The SMILES string of the molecule is CC(C)C1C=Cc2ccc3cccc(O)c3c2N1. The Kier molecular flexibility index (Phi) is 2.51. The Morgan fingerprint density at radius 2 is 2.00 bits per heavy atom. The molecule has 3 rings (SSSR count). The first kappa shape index (κ1) is 11.1. The highest BCUT2D eigenvalue weighted by Gasteiger charge is 2.18. The second-order valence-corrected chi connectivity index (χ2v) is 5.18. The van der Waals surface area contributed by atoms with Crippen LogP contribution in [-0.4, -0.2) is 11.1 Å². The molecular formula is C16H17NO. The smallest absolute Gasteiger partial charge is 0.125 e. The molecule has 1 unspecified atom stereocenters. The highest BCUT2D eigenvalue weighted by atomic mass is 16.3. The van der Waals surface area contributed by atoms with Crippen LogP contribution in [0.1, 0.15) is 19.4 Å². The third-order valence-electron chi connectivity index (χ3n) is 3.57. The summed E-state index contributed by atoms with van der Waals surface area (Å²) in [6.45, 7) is 4.38. The van der Waals surface area contributed by atoms with E-state index in [2.05, 4.69) is 43.4 Å². The van der Waals surface area contributed by atoms with Gasteiger partial charge in [-0.25, -0.2) is 0 Å². The van der Waals surface area contributed by atoms with Crippen LogP contribution in [0.4, 0.5) is 5.69 Å². The van der Waals surface area contributed by atoms with Crippen molar-refractivity contribution in [3.05, 3.63) is 42.0 Å². The van der Waals surface area contributed by atoms with E-state index in [-0.39, 0.29) is 0 Å². The zero-order chi connectivity index (χ0) is 12.7. The first-order chi connectivity index (χ1) is 8.66. The van der Waals surface area contributed by atoms with E-state index < -0.39 is 0 Å². The van der Waals surface area contributed by atoms with E-state index in [1.807, 2.05) is 12.1 Å². The number of hydrogen-bond donors (Lipinski definition) is 2. The van der Waals surface area contributed by atoms with Gasteiger partial charge in [-0.2, -0.15) is 0 Å². The van der Waals surface area contributed by atoms with E-state index in [1.54, 1.807) is 6.07 Å². The normalized spacial score (nSPS) is 17.8. The fourth-order valence-electron chi connectivity index (χ4n) is 2.48. The van der Waals surface area contributed by atoms with E-state index in [9.17, 15) is 5.11 Å². The van der Waals surface area contributed by atoms with Gasteiger partial charge < -0.3 is 10.4 Å². The molecule has 2 aromatic rings. The fraction of sp³-hybridized carbons (Fsp3) is 0.250. The molecule has 2 N–H and O–H groups in total. The van der Waals surface area contributed by atoms with Gasteiger partial charge in [-0.15, -0.1) is 0 Å². The van der Waals surface area contributed by atoms with E-state index in [0.29, 0.717) is 17.7 Å². The molecule has 1 heterocycles. The quantitative estimate of drug-likeness (QED) is 0.788. The summed E-state index contributed by atoms with van der Waals surface area (Å²) < 4.78 is 0. The van der Waals surface area contributed by atoms with Gasteiger partial charge in [0.15, 0.2) is 0 Å². The van der Waals surface area contributed by atoms with Crippen molar-refractivity contribution >= 4 is 22.5 Å². The van der Waals surface area contributed by atoms with Crippen molar-refractivity contribution in [3.8, 4) is 5.75 Å². The van der Waals surface area contributed by atoms with Gasteiger partial charge in [-0.1, -0.05) is 50.3 Å². The zero-order valence-electron chi connectivity index (χ0n) is 10.6. The monoisotopic (exact) mass is 239 g/mol. The Morgan fingerprint density at radius 3 is 2.78 bits per heavy atom. The molecule has 0 saturated carbocycles. The fourth-order valence-corrected chi connectivity index (χ4v) is 2.48. The Morgan fingerprint density at radius 1 is 1.17 bits per heavy atom. The first-order valence-electron chi connectivity index (χ1n) is 6.36. The second-order valence-electron chi connectivity index (χ2n) is 5.18. The minimum atomic E-state index is 0.322. The average Bonchev–Trinajstić information content (AvgIpc) is 2.37. The molecule has 0 saturated heterocycles. The predicted molar refractivity (Wildman–Crippen MR) is 76.9 cm³/mol. The molecule has 0 bridgehead atoms. The van der Waals surface area contributed by atoms with Crippen molar-refractivity contribution in [2.24, 2.45) is 5.92 Å². The minimum absolute atomic E-state index is 0.322. The number of fused-ring (bicyclic) bond motifs is 3. The highest BCUT2D eigenvalue weighted by Crippen LogP contribution is 2.37. The summed E-state index contributed by atoms with van der Waals surface area (Å²) in [5.74, 6) is 0.866. The van der Waals surface area contributed by atoms with Crippen LogP contribution in [0.15, 0.2) is 36.4 Å². The number of anilines is 1. The van der Waals surface area contributed by atoms with Gasteiger partial charge in [-0.3, -0.25) is 0 Å². The number of rotatable bonds is 1. The summed E-state index contributed by atoms with van der Waals surface area (Å²) in [6, 6.07) is 10.1. The Bertz CT molecular complexity index is 628. The summed E-state index contributed by atoms with van der Waals surface area (Å²) in [6.07, 6.45) is 4.33. The molecular weight excluding hydrogens is 222 g/mol. The molecule has 1 aliphatic rings. The molecule has 1 atom stereocenters. The van der Waals surface area contributed by atoms with Crippen LogP contribution >= 0.6 is 0 Å². The topological polar surface area (TPSA) is 32.3 Å². The summed E-state index contributed by atoms with van der Waals surface area (Å²) in [4.78, 5) is 0. The maximum absolute atomic E-state index is 10.1. The number of phenolic OH excluding ortho intramolecular Hbond substituents is 1. The molecule has 0 aliphatic carbocycles. The molecule has 0 spiro atoms. The lowest BCUT2D eigenvalue weighted by Gasteiger charge is -2.26. The van der Waals surface area contributed by atoms with E-state index >= 15 is 0 Å². The number of hydrogen-bond acceptors (Lipinski definition) is 2. The van der Waals surface area contributed by atoms with E-state index in [4.69, 9.17) is 0 Å². The van der Waals surface area contributed by atoms with Gasteiger partial charge in [0.2, 0.25) is 0 Å². The average molecular weight is 239 g/mol. The molecule has 2 aromatic carbocycles. The van der Waals surface area contributed by atoms with Crippen molar-refractivity contribution in [1.29, 1.82) is 0 Å². The van der Waals surface area contributed by atoms with Gasteiger partial charge in [-0.05, 0) is 22.9 Å².